The van der Waals surface area contributed by atoms with Crippen LogP contribution in [0.4, 0.5) is 4.39 Å². The van der Waals surface area contributed by atoms with E-state index >= 15 is 0 Å². The van der Waals surface area contributed by atoms with Crippen molar-refractivity contribution in [1.82, 2.24) is 4.57 Å². The zero-order chi connectivity index (χ0) is 27.9. The van der Waals surface area contributed by atoms with E-state index in [9.17, 15) is 14.3 Å². The molecule has 1 heterocycles. The number of hydrogen-bond acceptors (Lipinski definition) is 4. The van der Waals surface area contributed by atoms with Gasteiger partial charge in [0.2, 0.25) is 0 Å². The van der Waals surface area contributed by atoms with E-state index < -0.39 is 11.6 Å². The van der Waals surface area contributed by atoms with Crippen molar-refractivity contribution in [3.63, 3.8) is 0 Å². The minimum atomic E-state index is -0.757. The Labute approximate surface area is 232 Å². The molecule has 0 bridgehead atoms. The van der Waals surface area contributed by atoms with Gasteiger partial charge >= 0.3 is 5.97 Å². The highest BCUT2D eigenvalue weighted by atomic mass is 19.1. The number of ether oxygens (including phenoxy) is 2. The van der Waals surface area contributed by atoms with Crippen LogP contribution in [0.2, 0.25) is 0 Å². The van der Waals surface area contributed by atoms with Gasteiger partial charge < -0.3 is 19.1 Å². The Balaban J connectivity index is 1.60. The van der Waals surface area contributed by atoms with Crippen molar-refractivity contribution in [3.05, 3.63) is 120 Å². The largest absolute Gasteiger partial charge is 0.488 e. The van der Waals surface area contributed by atoms with Crippen molar-refractivity contribution in [1.29, 1.82) is 0 Å². The summed E-state index contributed by atoms with van der Waals surface area (Å²) in [6.45, 7) is 2.25. The van der Waals surface area contributed by atoms with Gasteiger partial charge in [-0.3, -0.25) is 0 Å². The van der Waals surface area contributed by atoms with E-state index in [-0.39, 0.29) is 11.7 Å². The van der Waals surface area contributed by atoms with E-state index in [4.69, 9.17) is 9.47 Å². The molecule has 0 spiro atoms. The number of fused-ring (bicyclic) bond motifs is 1. The molecular weight excluding hydrogens is 505 g/mol. The predicted molar refractivity (Wildman–Crippen MR) is 153 cm³/mol. The molecule has 6 rings (SSSR count). The molecule has 0 radical (unpaired) electrons. The van der Waals surface area contributed by atoms with E-state index in [1.165, 1.54) is 19.2 Å². The second kappa shape index (κ2) is 10.3. The molecule has 1 saturated carbocycles. The molecule has 5 nitrogen and oxygen atoms in total. The lowest BCUT2D eigenvalue weighted by molar-refractivity contribution is -0.0324. The van der Waals surface area contributed by atoms with Crippen LogP contribution in [-0.4, -0.2) is 28.4 Å². The van der Waals surface area contributed by atoms with Crippen LogP contribution in [0.25, 0.3) is 27.7 Å². The topological polar surface area (TPSA) is 60.7 Å². The molecule has 0 unspecified atom stereocenters. The number of benzene rings is 4. The minimum absolute atomic E-state index is 0.0599. The van der Waals surface area contributed by atoms with Crippen molar-refractivity contribution < 1.29 is 23.8 Å². The summed E-state index contributed by atoms with van der Waals surface area (Å²) in [7, 11) is 1.36. The van der Waals surface area contributed by atoms with Crippen LogP contribution in [0.1, 0.15) is 47.3 Å². The van der Waals surface area contributed by atoms with Crippen molar-refractivity contribution >= 4 is 16.9 Å². The molecule has 40 heavy (non-hydrogen) atoms. The number of aromatic nitrogens is 1. The monoisotopic (exact) mass is 535 g/mol. The maximum absolute atomic E-state index is 14.0. The SMILES string of the molecule is COC(=O)c1ccc(-c2c3c(OCc4ccccc4)cccc3n(-c3ccc(F)cc3)c2[C@H]2C[C@](C)(O)C2)cc1. The quantitative estimate of drug-likeness (QED) is 0.220. The lowest BCUT2D eigenvalue weighted by Gasteiger charge is -2.42. The van der Waals surface area contributed by atoms with Gasteiger partial charge in [-0.2, -0.15) is 0 Å². The number of hydrogen-bond donors (Lipinski definition) is 1. The van der Waals surface area contributed by atoms with Crippen LogP contribution in [0.3, 0.4) is 0 Å². The number of carbonyl (C=O) groups excluding carboxylic acids is 1. The second-order valence-corrected chi connectivity index (χ2v) is 10.7. The molecule has 1 aliphatic carbocycles. The fraction of sp³-hybridized carbons (Fsp3) is 0.206. The zero-order valence-electron chi connectivity index (χ0n) is 22.4. The molecule has 0 aliphatic heterocycles. The first-order valence-corrected chi connectivity index (χ1v) is 13.4. The van der Waals surface area contributed by atoms with E-state index in [1.54, 1.807) is 24.3 Å². The molecule has 202 valence electrons. The van der Waals surface area contributed by atoms with Crippen LogP contribution in [0.15, 0.2) is 97.1 Å². The van der Waals surface area contributed by atoms with Gasteiger partial charge in [-0.1, -0.05) is 48.5 Å². The molecule has 4 aromatic carbocycles. The standard InChI is InChI=1S/C34H30FNO4/c1-34(38)19-25(20-34)32-30(23-11-13-24(14-12-23)33(37)39-2)31-28(36(32)27-17-15-26(35)16-18-27)9-6-10-29(31)40-21-22-7-4-3-5-8-22/h3-18,25,38H,19-21H2,1-2H3/t25-,34-. The summed E-state index contributed by atoms with van der Waals surface area (Å²) < 4.78 is 27.5. The predicted octanol–water partition coefficient (Wildman–Crippen LogP) is 7.43. The summed E-state index contributed by atoms with van der Waals surface area (Å²) in [4.78, 5) is 12.2. The number of esters is 1. The smallest absolute Gasteiger partial charge is 0.337 e. The fourth-order valence-electron chi connectivity index (χ4n) is 5.82. The van der Waals surface area contributed by atoms with Crippen molar-refractivity contribution in [2.24, 2.45) is 0 Å². The van der Waals surface area contributed by atoms with Gasteiger partial charge in [0.25, 0.3) is 0 Å². The maximum atomic E-state index is 14.0. The Morgan fingerprint density at radius 1 is 0.950 bits per heavy atom. The summed E-state index contributed by atoms with van der Waals surface area (Å²) in [5, 5.41) is 11.7. The number of halogens is 1. The average molecular weight is 536 g/mol. The second-order valence-electron chi connectivity index (χ2n) is 10.7. The number of nitrogens with zero attached hydrogens (tertiary/aromatic N) is 1. The Morgan fingerprint density at radius 2 is 1.65 bits per heavy atom. The molecule has 1 aliphatic rings. The summed E-state index contributed by atoms with van der Waals surface area (Å²) in [6, 6.07) is 29.8. The fourth-order valence-corrected chi connectivity index (χ4v) is 5.82. The molecule has 5 aromatic rings. The Morgan fingerprint density at radius 3 is 2.30 bits per heavy atom. The molecule has 0 atom stereocenters. The maximum Gasteiger partial charge on any atom is 0.337 e. The molecular formula is C34H30FNO4. The summed E-state index contributed by atoms with van der Waals surface area (Å²) in [5.41, 5.74) is 5.41. The first-order valence-electron chi connectivity index (χ1n) is 13.4. The van der Waals surface area contributed by atoms with Crippen LogP contribution in [-0.2, 0) is 11.3 Å². The Bertz CT molecular complexity index is 1660. The van der Waals surface area contributed by atoms with Crippen molar-refractivity contribution in [2.75, 3.05) is 7.11 Å². The highest BCUT2D eigenvalue weighted by molar-refractivity contribution is 6.04. The molecule has 1 N–H and O–H groups in total. The van der Waals surface area contributed by atoms with Gasteiger partial charge in [0.05, 0.1) is 29.2 Å². The van der Waals surface area contributed by atoms with Crippen LogP contribution < -0.4 is 4.74 Å². The van der Waals surface area contributed by atoms with Crippen LogP contribution >= 0.6 is 0 Å². The Kier molecular flexibility index (Phi) is 6.64. The summed E-state index contributed by atoms with van der Waals surface area (Å²) >= 11 is 0. The van der Waals surface area contributed by atoms with Gasteiger partial charge in [-0.25, -0.2) is 9.18 Å². The normalized spacial score (nSPS) is 18.4. The van der Waals surface area contributed by atoms with E-state index in [0.717, 1.165) is 44.7 Å². The molecule has 0 amide bonds. The zero-order valence-corrected chi connectivity index (χ0v) is 22.4. The molecule has 1 aromatic heterocycles. The number of carbonyl (C=O) groups is 1. The van der Waals surface area contributed by atoms with Gasteiger partial charge in [0.15, 0.2) is 0 Å². The molecule has 0 saturated heterocycles. The highest BCUT2D eigenvalue weighted by Gasteiger charge is 2.43. The van der Waals surface area contributed by atoms with E-state index in [1.807, 2.05) is 67.6 Å². The third-order valence-corrected chi connectivity index (χ3v) is 7.67. The lowest BCUT2D eigenvalue weighted by Crippen LogP contribution is -2.40. The van der Waals surface area contributed by atoms with Crippen LogP contribution in [0, 0.1) is 5.82 Å². The first kappa shape index (κ1) is 25.8. The molecule has 6 heteroatoms. The highest BCUT2D eigenvalue weighted by Crippen LogP contribution is 2.52. The first-order chi connectivity index (χ1) is 19.3. The van der Waals surface area contributed by atoms with Gasteiger partial charge in [0.1, 0.15) is 18.2 Å². The Hall–Kier alpha value is -4.42. The lowest BCUT2D eigenvalue weighted by atomic mass is 9.69. The van der Waals surface area contributed by atoms with Gasteiger partial charge in [-0.05, 0) is 79.4 Å². The minimum Gasteiger partial charge on any atom is -0.488 e. The van der Waals surface area contributed by atoms with Crippen LogP contribution in [0.5, 0.6) is 5.75 Å². The molecule has 1 fully saturated rings. The van der Waals surface area contributed by atoms with Gasteiger partial charge in [-0.15, -0.1) is 0 Å². The third kappa shape index (κ3) is 4.75. The van der Waals surface area contributed by atoms with Crippen molar-refractivity contribution in [2.45, 2.75) is 37.9 Å². The number of aliphatic hydroxyl groups is 1. The summed E-state index contributed by atoms with van der Waals surface area (Å²) in [6.07, 6.45) is 1.19. The van der Waals surface area contributed by atoms with Gasteiger partial charge in [0, 0.05) is 22.9 Å². The average Bonchev–Trinajstić information content (AvgIpc) is 3.31. The number of methoxy groups -OCH3 is 1. The van der Waals surface area contributed by atoms with E-state index in [0.29, 0.717) is 25.0 Å². The number of rotatable bonds is 7. The third-order valence-electron chi connectivity index (χ3n) is 7.67. The summed E-state index contributed by atoms with van der Waals surface area (Å²) in [5.74, 6) is 0.0765. The van der Waals surface area contributed by atoms with E-state index in [2.05, 4.69) is 4.57 Å². The van der Waals surface area contributed by atoms with Crippen molar-refractivity contribution in [3.8, 4) is 22.6 Å².